The number of carbonyl (C=O) groups excluding carboxylic acids is 4. The lowest BCUT2D eigenvalue weighted by Crippen LogP contribution is -2.75. The average molecular weight is 610 g/mol. The van der Waals surface area contributed by atoms with E-state index in [-0.39, 0.29) is 24.2 Å². The fourth-order valence-corrected chi connectivity index (χ4v) is 7.48. The maximum Gasteiger partial charge on any atom is 0.230 e. The zero-order valence-electron chi connectivity index (χ0n) is 23.6. The summed E-state index contributed by atoms with van der Waals surface area (Å²) in [5.41, 5.74) is 4.27. The minimum Gasteiger partial charge on any atom is -0.507 e. The van der Waals surface area contributed by atoms with Gasteiger partial charge in [0.2, 0.25) is 15.9 Å². The molecule has 0 bridgehead atoms. The Hall–Kier alpha value is -4.09. The Morgan fingerprint density at radius 2 is 1.72 bits per heavy atom. The number of phenols is 1. The van der Waals surface area contributed by atoms with Crippen LogP contribution in [-0.4, -0.2) is 90.0 Å². The number of nitrogens with one attached hydrogen (secondary N) is 1. The van der Waals surface area contributed by atoms with Crippen molar-refractivity contribution in [2.24, 2.45) is 29.4 Å². The zero-order valence-corrected chi connectivity index (χ0v) is 24.4. The van der Waals surface area contributed by atoms with Crippen molar-refractivity contribution in [2.75, 3.05) is 25.1 Å². The fourth-order valence-electron chi connectivity index (χ4n) is 6.91. The van der Waals surface area contributed by atoms with Gasteiger partial charge in [-0.1, -0.05) is 11.8 Å². The summed E-state index contributed by atoms with van der Waals surface area (Å²) in [4.78, 5) is 54.8. The van der Waals surface area contributed by atoms with Crippen molar-refractivity contribution < 1.29 is 42.9 Å². The largest absolute Gasteiger partial charge is 0.507 e. The van der Waals surface area contributed by atoms with E-state index in [0.29, 0.717) is 22.4 Å². The van der Waals surface area contributed by atoms with E-state index in [1.807, 2.05) is 0 Å². The van der Waals surface area contributed by atoms with E-state index < -0.39 is 74.7 Å². The summed E-state index contributed by atoms with van der Waals surface area (Å²) in [7, 11) is -0.290. The molecule has 2 aromatic rings. The minimum atomic E-state index is -3.45. The number of likely N-dealkylation sites (N-methyl/N-ethyl adjacent to an activating group) is 1. The molecule has 13 heteroatoms. The first-order chi connectivity index (χ1) is 20.1. The van der Waals surface area contributed by atoms with E-state index in [1.165, 1.54) is 11.0 Å². The highest BCUT2D eigenvalue weighted by molar-refractivity contribution is 7.92. The van der Waals surface area contributed by atoms with Crippen molar-refractivity contribution in [3.8, 4) is 17.6 Å². The second-order valence-electron chi connectivity index (χ2n) is 11.7. The van der Waals surface area contributed by atoms with Gasteiger partial charge in [-0.2, -0.15) is 0 Å². The molecule has 0 heterocycles. The number of aliphatic hydroxyl groups excluding tert-OH is 1. The summed E-state index contributed by atoms with van der Waals surface area (Å²) in [5.74, 6) is -3.79. The summed E-state index contributed by atoms with van der Waals surface area (Å²) in [5, 5.41) is 33.3. The molecular weight excluding hydrogens is 578 g/mol. The van der Waals surface area contributed by atoms with E-state index in [1.54, 1.807) is 44.4 Å². The molecule has 2 saturated carbocycles. The molecule has 3 aliphatic carbocycles. The van der Waals surface area contributed by atoms with Gasteiger partial charge < -0.3 is 26.0 Å². The van der Waals surface area contributed by atoms with Gasteiger partial charge in [-0.15, -0.1) is 0 Å². The lowest BCUT2D eigenvalue weighted by molar-refractivity contribution is -0.190. The van der Waals surface area contributed by atoms with Crippen molar-refractivity contribution in [2.45, 2.75) is 30.6 Å². The van der Waals surface area contributed by atoms with Crippen LogP contribution >= 0.6 is 0 Å². The van der Waals surface area contributed by atoms with Gasteiger partial charge in [-0.25, -0.2) is 8.42 Å². The third-order valence-corrected chi connectivity index (χ3v) is 9.31. The average Bonchev–Trinajstić information content (AvgIpc) is 2.90. The van der Waals surface area contributed by atoms with Crippen molar-refractivity contribution >= 4 is 39.0 Å². The van der Waals surface area contributed by atoms with E-state index in [0.717, 1.165) is 6.26 Å². The van der Waals surface area contributed by atoms with Crippen molar-refractivity contribution in [3.63, 3.8) is 0 Å². The SMILES string of the molecule is CN(C)[C@H]1C(O)C(C(N)=O)C(=O)[C@]2(O)C(=O)C3C(=O)c4c(O)ccc(C#Cc5ccc(NS(C)(=O)=O)cc5)c4C[C@@H]3C[C@H]12. The van der Waals surface area contributed by atoms with Gasteiger partial charge in [0, 0.05) is 28.8 Å². The van der Waals surface area contributed by atoms with Gasteiger partial charge in [0.25, 0.3) is 0 Å². The molecular formula is C30H31N3O9S. The second kappa shape index (κ2) is 10.6. The van der Waals surface area contributed by atoms with Crippen LogP contribution in [0.1, 0.15) is 33.5 Å². The number of hydrogen-bond donors (Lipinski definition) is 5. The van der Waals surface area contributed by atoms with E-state index in [2.05, 4.69) is 16.6 Å². The highest BCUT2D eigenvalue weighted by Crippen LogP contribution is 2.51. The maximum atomic E-state index is 13.9. The number of aliphatic hydroxyl groups is 2. The topological polar surface area (TPSA) is 204 Å². The number of amides is 1. The molecule has 1 amide bonds. The molecule has 3 unspecified atom stereocenters. The lowest BCUT2D eigenvalue weighted by Gasteiger charge is -2.54. The Labute approximate surface area is 247 Å². The van der Waals surface area contributed by atoms with Crippen molar-refractivity contribution in [3.05, 3.63) is 58.7 Å². The number of fused-ring (bicyclic) bond motifs is 3. The maximum absolute atomic E-state index is 13.9. The molecule has 2 fully saturated rings. The number of phenolic OH excluding ortho intramolecular Hbond substituents is 1. The van der Waals surface area contributed by atoms with Crippen LogP contribution in [0.15, 0.2) is 36.4 Å². The Balaban J connectivity index is 1.54. The Kier molecular flexibility index (Phi) is 7.46. The predicted molar refractivity (Wildman–Crippen MR) is 153 cm³/mol. The standard InChI is InChI=1S/C30H31N3O9S/c1-33(2)24-19-13-16-12-18-15(7-4-14-5-9-17(10-6-14)32-43(3,41)42)8-11-20(34)22(18)25(35)21(16)27(37)30(19,40)28(38)23(26(24)36)29(31)39/h5-6,8-11,16,19,21,23-24,26,32,34,36,40H,12-13H2,1-3H3,(H2,31,39)/t16-,19-,21?,23?,24-,26?,30-/m1/s1. The molecule has 0 spiro atoms. The van der Waals surface area contributed by atoms with Crippen LogP contribution in [-0.2, 0) is 30.8 Å². The Bertz CT molecular complexity index is 1730. The molecule has 3 aliphatic rings. The number of benzene rings is 2. The van der Waals surface area contributed by atoms with Crippen LogP contribution < -0.4 is 10.5 Å². The summed E-state index contributed by atoms with van der Waals surface area (Å²) in [6.07, 6.45) is -0.436. The van der Waals surface area contributed by atoms with E-state index in [9.17, 15) is 42.9 Å². The highest BCUT2D eigenvalue weighted by Gasteiger charge is 2.69. The second-order valence-corrected chi connectivity index (χ2v) is 13.4. The number of aromatic hydroxyl groups is 1. The summed E-state index contributed by atoms with van der Waals surface area (Å²) in [6.45, 7) is 0. The Morgan fingerprint density at radius 3 is 2.30 bits per heavy atom. The van der Waals surface area contributed by atoms with Crippen LogP contribution in [0.25, 0.3) is 0 Å². The summed E-state index contributed by atoms with van der Waals surface area (Å²) in [6, 6.07) is 8.14. The first kappa shape index (κ1) is 30.4. The minimum absolute atomic E-state index is 0.00740. The number of hydrogen-bond acceptors (Lipinski definition) is 10. The molecule has 43 heavy (non-hydrogen) atoms. The number of rotatable bonds is 4. The number of nitrogens with two attached hydrogens (primary N) is 1. The molecule has 2 aromatic carbocycles. The predicted octanol–water partition coefficient (Wildman–Crippen LogP) is -0.570. The normalized spacial score (nSPS) is 30.0. The monoisotopic (exact) mass is 609 g/mol. The van der Waals surface area contributed by atoms with Gasteiger partial charge in [-0.05, 0) is 74.8 Å². The molecule has 0 saturated heterocycles. The third-order valence-electron chi connectivity index (χ3n) is 8.70. The fraction of sp³-hybridized carbons (Fsp3) is 0.400. The van der Waals surface area contributed by atoms with E-state index in [4.69, 9.17) is 5.73 Å². The molecule has 7 atom stereocenters. The van der Waals surface area contributed by atoms with Crippen LogP contribution in [0.2, 0.25) is 0 Å². The van der Waals surface area contributed by atoms with Gasteiger partial charge in [0.1, 0.15) is 11.7 Å². The van der Waals surface area contributed by atoms with Gasteiger partial charge in [0.05, 0.1) is 23.8 Å². The highest BCUT2D eigenvalue weighted by atomic mass is 32.2. The smallest absolute Gasteiger partial charge is 0.230 e. The lowest BCUT2D eigenvalue weighted by atomic mass is 9.52. The number of anilines is 1. The first-order valence-corrected chi connectivity index (χ1v) is 15.4. The van der Waals surface area contributed by atoms with E-state index >= 15 is 0 Å². The molecule has 6 N–H and O–H groups in total. The molecule has 226 valence electrons. The molecule has 0 aliphatic heterocycles. The van der Waals surface area contributed by atoms with Crippen molar-refractivity contribution in [1.29, 1.82) is 0 Å². The molecule has 0 aromatic heterocycles. The first-order valence-electron chi connectivity index (χ1n) is 13.5. The molecule has 0 radical (unpaired) electrons. The summed E-state index contributed by atoms with van der Waals surface area (Å²) < 4.78 is 25.3. The molecule has 12 nitrogen and oxygen atoms in total. The number of nitrogens with zero attached hydrogens (tertiary/aromatic N) is 1. The van der Waals surface area contributed by atoms with Crippen LogP contribution in [0, 0.1) is 35.5 Å². The van der Waals surface area contributed by atoms with Gasteiger partial charge >= 0.3 is 0 Å². The number of Topliss-reactive ketones (excluding diaryl/α,β-unsaturated/α-hetero) is 3. The van der Waals surface area contributed by atoms with Gasteiger partial charge in [-0.3, -0.25) is 23.9 Å². The Morgan fingerprint density at radius 1 is 1.07 bits per heavy atom. The number of ketones is 3. The van der Waals surface area contributed by atoms with Gasteiger partial charge in [0.15, 0.2) is 23.0 Å². The quantitative estimate of drug-likeness (QED) is 0.221. The van der Waals surface area contributed by atoms with Crippen molar-refractivity contribution in [1.82, 2.24) is 4.90 Å². The number of carbonyl (C=O) groups is 4. The third kappa shape index (κ3) is 5.00. The zero-order chi connectivity index (χ0) is 31.6. The summed E-state index contributed by atoms with van der Waals surface area (Å²) >= 11 is 0. The van der Waals surface area contributed by atoms with Crippen LogP contribution in [0.4, 0.5) is 5.69 Å². The molecule has 5 rings (SSSR count). The van der Waals surface area contributed by atoms with Crippen LogP contribution in [0.3, 0.4) is 0 Å². The number of sulfonamides is 1. The number of primary amides is 1. The van der Waals surface area contributed by atoms with Crippen LogP contribution in [0.5, 0.6) is 5.75 Å².